The summed E-state index contributed by atoms with van der Waals surface area (Å²) < 4.78 is 0. The van der Waals surface area contributed by atoms with Crippen LogP contribution >= 0.6 is 0 Å². The lowest BCUT2D eigenvalue weighted by Gasteiger charge is -2.17. The maximum absolute atomic E-state index is 5.30. The van der Waals surface area contributed by atoms with Gasteiger partial charge in [-0.15, -0.1) is 0 Å². The highest BCUT2D eigenvalue weighted by Gasteiger charge is 2.20. The molecule has 54 heavy (non-hydrogen) atoms. The second kappa shape index (κ2) is 14.8. The molecule has 0 aliphatic carbocycles. The molecule has 254 valence electrons. The summed E-state index contributed by atoms with van der Waals surface area (Å²) in [6.45, 7) is 0. The fraction of sp³-hybridized carbons (Fsp3) is 0. The Kier molecular flexibility index (Phi) is 8.99. The second-order valence-electron chi connectivity index (χ2n) is 13.4. The molecule has 0 unspecified atom stereocenters. The Morgan fingerprint density at radius 3 is 0.870 bits per heavy atom. The van der Waals surface area contributed by atoms with Crippen molar-refractivity contribution in [3.8, 4) is 89.5 Å². The van der Waals surface area contributed by atoms with Crippen LogP contribution in [-0.4, -0.2) is 9.97 Å². The molecule has 0 saturated carbocycles. The topological polar surface area (TPSA) is 25.8 Å². The van der Waals surface area contributed by atoms with E-state index >= 15 is 0 Å². The van der Waals surface area contributed by atoms with E-state index in [9.17, 15) is 0 Å². The zero-order valence-corrected chi connectivity index (χ0v) is 29.7. The van der Waals surface area contributed by atoms with E-state index in [1.165, 1.54) is 33.4 Å². The van der Waals surface area contributed by atoms with Crippen LogP contribution in [0.3, 0.4) is 0 Å². The normalized spacial score (nSPS) is 11.0. The van der Waals surface area contributed by atoms with Gasteiger partial charge < -0.3 is 0 Å². The van der Waals surface area contributed by atoms with Gasteiger partial charge in [0.25, 0.3) is 0 Å². The van der Waals surface area contributed by atoms with Crippen molar-refractivity contribution >= 4 is 0 Å². The van der Waals surface area contributed by atoms with Crippen LogP contribution < -0.4 is 0 Å². The van der Waals surface area contributed by atoms with Crippen molar-refractivity contribution < 1.29 is 0 Å². The van der Waals surface area contributed by atoms with E-state index in [-0.39, 0.29) is 0 Å². The summed E-state index contributed by atoms with van der Waals surface area (Å²) in [5.41, 5.74) is 16.4. The molecule has 0 amide bonds. The van der Waals surface area contributed by atoms with Crippen molar-refractivity contribution in [2.24, 2.45) is 0 Å². The Balaban J connectivity index is 1.17. The first kappa shape index (κ1) is 32.7. The third-order valence-electron chi connectivity index (χ3n) is 9.91. The summed E-state index contributed by atoms with van der Waals surface area (Å²) in [6, 6.07) is 77.0. The molecule has 0 aliphatic heterocycles. The summed E-state index contributed by atoms with van der Waals surface area (Å²) >= 11 is 0. The summed E-state index contributed by atoms with van der Waals surface area (Å²) in [5.74, 6) is 0.701. The molecule has 1 heterocycles. The van der Waals surface area contributed by atoms with E-state index < -0.39 is 0 Å². The van der Waals surface area contributed by atoms with Gasteiger partial charge in [-0.2, -0.15) is 0 Å². The van der Waals surface area contributed by atoms with Crippen molar-refractivity contribution in [1.82, 2.24) is 9.97 Å². The van der Waals surface area contributed by atoms with Crippen LogP contribution in [0.15, 0.2) is 218 Å². The maximum atomic E-state index is 5.30. The first-order chi connectivity index (χ1) is 26.8. The molecule has 0 saturated heterocycles. The minimum absolute atomic E-state index is 0.701. The first-order valence-corrected chi connectivity index (χ1v) is 18.3. The van der Waals surface area contributed by atoms with Crippen LogP contribution in [0.2, 0.25) is 0 Å². The van der Waals surface area contributed by atoms with Gasteiger partial charge in [0.2, 0.25) is 0 Å². The fourth-order valence-corrected chi connectivity index (χ4v) is 7.13. The van der Waals surface area contributed by atoms with E-state index in [1.54, 1.807) is 0 Å². The van der Waals surface area contributed by atoms with Gasteiger partial charge in [-0.3, -0.25) is 0 Å². The molecule has 0 fully saturated rings. The lowest BCUT2D eigenvalue weighted by molar-refractivity contribution is 1.18. The van der Waals surface area contributed by atoms with Gasteiger partial charge in [-0.1, -0.05) is 200 Å². The summed E-state index contributed by atoms with van der Waals surface area (Å²) in [6.07, 6.45) is 0. The highest BCUT2D eigenvalue weighted by atomic mass is 14.9. The van der Waals surface area contributed by atoms with Crippen LogP contribution in [0, 0.1) is 0 Å². The summed E-state index contributed by atoms with van der Waals surface area (Å²) in [5, 5.41) is 0. The van der Waals surface area contributed by atoms with Gasteiger partial charge in [0.1, 0.15) is 0 Å². The molecular weight excluding hydrogens is 653 g/mol. The molecule has 1 aromatic heterocycles. The van der Waals surface area contributed by atoms with Gasteiger partial charge >= 0.3 is 0 Å². The Hall–Kier alpha value is -7.16. The minimum Gasteiger partial charge on any atom is -0.227 e. The Bertz CT molecular complexity index is 2640. The molecule has 2 nitrogen and oxygen atoms in total. The molecule has 8 aromatic carbocycles. The molecule has 0 N–H and O–H groups in total. The number of benzene rings is 8. The minimum atomic E-state index is 0.701. The first-order valence-electron chi connectivity index (χ1n) is 18.3. The number of nitrogens with zero attached hydrogens (tertiary/aromatic N) is 2. The number of rotatable bonds is 8. The Morgan fingerprint density at radius 2 is 0.463 bits per heavy atom. The average molecular weight is 689 g/mol. The SMILES string of the molecule is c1ccc(-c2ccc(-c3cc(-c4ccccc4)cc(-c4ccc(-c5nc(-c6ccccc6)nc(-c6ccccc6)c5-c5ccccc5)cc4)c3)cc2)cc1. The van der Waals surface area contributed by atoms with Crippen molar-refractivity contribution in [3.63, 3.8) is 0 Å². The number of hydrogen-bond donors (Lipinski definition) is 0. The molecule has 0 spiro atoms. The molecule has 0 atom stereocenters. The maximum Gasteiger partial charge on any atom is 0.160 e. The largest absolute Gasteiger partial charge is 0.227 e. The van der Waals surface area contributed by atoms with Crippen LogP contribution in [0.1, 0.15) is 0 Å². The van der Waals surface area contributed by atoms with Gasteiger partial charge in [-0.05, 0) is 68.3 Å². The second-order valence-corrected chi connectivity index (χ2v) is 13.4. The Morgan fingerprint density at radius 1 is 0.204 bits per heavy atom. The third-order valence-corrected chi connectivity index (χ3v) is 9.91. The van der Waals surface area contributed by atoms with E-state index in [2.05, 4.69) is 194 Å². The predicted molar refractivity (Wildman–Crippen MR) is 226 cm³/mol. The lowest BCUT2D eigenvalue weighted by Crippen LogP contribution is -2.00. The standard InChI is InChI=1S/C52H36N2/c1-6-16-37(17-7-1)39-26-28-40(29-27-39)47-34-46(38-18-8-2-9-19-38)35-48(36-47)41-30-32-44(33-31-41)51-49(42-20-10-3-11-21-42)50(43-22-12-4-13-23-43)53-52(54-51)45-24-14-5-15-25-45/h1-36H. The van der Waals surface area contributed by atoms with Crippen LogP contribution in [0.25, 0.3) is 89.5 Å². The third kappa shape index (κ3) is 6.77. The molecule has 0 bridgehead atoms. The molecule has 0 radical (unpaired) electrons. The van der Waals surface area contributed by atoms with Crippen LogP contribution in [0.5, 0.6) is 0 Å². The molecule has 2 heteroatoms. The zero-order valence-electron chi connectivity index (χ0n) is 29.7. The molecular formula is C52H36N2. The average Bonchev–Trinajstić information content (AvgIpc) is 3.27. The van der Waals surface area contributed by atoms with Gasteiger partial charge in [0.05, 0.1) is 11.4 Å². The Labute approximate surface area is 316 Å². The predicted octanol–water partition coefficient (Wildman–Crippen LogP) is 13.8. The van der Waals surface area contributed by atoms with Crippen molar-refractivity contribution in [2.45, 2.75) is 0 Å². The van der Waals surface area contributed by atoms with Gasteiger partial charge in [0.15, 0.2) is 5.82 Å². The van der Waals surface area contributed by atoms with Crippen molar-refractivity contribution in [3.05, 3.63) is 218 Å². The monoisotopic (exact) mass is 688 g/mol. The van der Waals surface area contributed by atoms with Crippen LogP contribution in [-0.2, 0) is 0 Å². The summed E-state index contributed by atoms with van der Waals surface area (Å²) in [7, 11) is 0. The number of aromatic nitrogens is 2. The quantitative estimate of drug-likeness (QED) is 0.159. The van der Waals surface area contributed by atoms with Gasteiger partial charge in [0, 0.05) is 22.3 Å². The molecule has 9 aromatic rings. The lowest BCUT2D eigenvalue weighted by atomic mass is 9.91. The number of hydrogen-bond acceptors (Lipinski definition) is 2. The van der Waals surface area contributed by atoms with Crippen LogP contribution in [0.4, 0.5) is 0 Å². The fourth-order valence-electron chi connectivity index (χ4n) is 7.13. The summed E-state index contributed by atoms with van der Waals surface area (Å²) in [4.78, 5) is 10.5. The van der Waals surface area contributed by atoms with E-state index in [1.807, 2.05) is 24.3 Å². The zero-order chi connectivity index (χ0) is 36.1. The molecule has 0 aliphatic rings. The van der Waals surface area contributed by atoms with Crippen molar-refractivity contribution in [2.75, 3.05) is 0 Å². The van der Waals surface area contributed by atoms with E-state index in [0.29, 0.717) is 5.82 Å². The smallest absolute Gasteiger partial charge is 0.160 e. The van der Waals surface area contributed by atoms with Gasteiger partial charge in [-0.25, -0.2) is 9.97 Å². The highest BCUT2D eigenvalue weighted by molar-refractivity contribution is 5.93. The molecule has 9 rings (SSSR count). The van der Waals surface area contributed by atoms with E-state index in [4.69, 9.17) is 9.97 Å². The highest BCUT2D eigenvalue weighted by Crippen LogP contribution is 2.41. The van der Waals surface area contributed by atoms with E-state index in [0.717, 1.165) is 50.3 Å². The van der Waals surface area contributed by atoms with Crippen molar-refractivity contribution in [1.29, 1.82) is 0 Å².